The van der Waals surface area contributed by atoms with Crippen LogP contribution >= 0.6 is 0 Å². The molecule has 0 bridgehead atoms. The summed E-state index contributed by atoms with van der Waals surface area (Å²) in [6.07, 6.45) is 6.51. The Morgan fingerprint density at radius 3 is 2.72 bits per heavy atom. The molecule has 3 aromatic rings. The molecule has 2 aromatic carbocycles. The van der Waals surface area contributed by atoms with E-state index in [1.165, 1.54) is 11.9 Å². The third kappa shape index (κ3) is 5.12. The number of hydrogen-bond acceptors (Lipinski definition) is 5. The van der Waals surface area contributed by atoms with Crippen LogP contribution in [-0.4, -0.2) is 57.6 Å². The van der Waals surface area contributed by atoms with Gasteiger partial charge in [-0.1, -0.05) is 36.8 Å². The van der Waals surface area contributed by atoms with Gasteiger partial charge in [0.05, 0.1) is 11.5 Å². The van der Waals surface area contributed by atoms with Crippen LogP contribution in [0.1, 0.15) is 54.9 Å². The number of H-pyrrole nitrogens is 1. The molecule has 1 aromatic heterocycles. The predicted molar refractivity (Wildman–Crippen MR) is 136 cm³/mol. The quantitative estimate of drug-likeness (QED) is 0.569. The molecule has 1 fully saturated rings. The number of carbonyl (C=O) groups is 2. The van der Waals surface area contributed by atoms with Crippen molar-refractivity contribution >= 4 is 11.8 Å². The standard InChI is InChI=1S/C28H33N5O3/c1-20-18-36-24-11-3-2-7-21(24)8-4-5-12-28(27(35)31-20)13-15-33(16-14-28)26(34)23-10-6-9-22(17-23)25-29-19-30-32-25/h2-3,6-7,9-11,17,19-20H,4-5,8,12-16,18H2,1H3,(H,31,35)(H,29,30,32)/t20-/m1/s1. The lowest BCUT2D eigenvalue weighted by Crippen LogP contribution is -2.52. The number of hydrogen-bond donors (Lipinski definition) is 2. The number of fused-ring (bicyclic) bond motifs is 1. The van der Waals surface area contributed by atoms with Gasteiger partial charge < -0.3 is 15.0 Å². The van der Waals surface area contributed by atoms with Crippen molar-refractivity contribution in [3.8, 4) is 17.1 Å². The van der Waals surface area contributed by atoms with E-state index in [2.05, 4.69) is 32.6 Å². The van der Waals surface area contributed by atoms with E-state index in [-0.39, 0.29) is 17.9 Å². The normalized spacial score (nSPS) is 20.4. The zero-order chi connectivity index (χ0) is 25.0. The Morgan fingerprint density at radius 2 is 1.92 bits per heavy atom. The number of para-hydroxylation sites is 1. The molecule has 2 aliphatic heterocycles. The van der Waals surface area contributed by atoms with E-state index in [1.54, 1.807) is 0 Å². The average Bonchev–Trinajstić information content (AvgIpc) is 3.45. The molecule has 3 heterocycles. The van der Waals surface area contributed by atoms with E-state index >= 15 is 0 Å². The van der Waals surface area contributed by atoms with E-state index in [0.29, 0.717) is 43.9 Å². The van der Waals surface area contributed by atoms with Crippen LogP contribution in [0.5, 0.6) is 5.75 Å². The highest BCUT2D eigenvalue weighted by Crippen LogP contribution is 2.38. The lowest BCUT2D eigenvalue weighted by Gasteiger charge is -2.41. The van der Waals surface area contributed by atoms with E-state index < -0.39 is 5.41 Å². The van der Waals surface area contributed by atoms with Crippen LogP contribution in [0.4, 0.5) is 0 Å². The molecule has 0 radical (unpaired) electrons. The molecular formula is C28H33N5O3. The number of aryl methyl sites for hydroxylation is 1. The van der Waals surface area contributed by atoms with Gasteiger partial charge in [0, 0.05) is 24.2 Å². The van der Waals surface area contributed by atoms with Gasteiger partial charge in [0.1, 0.15) is 18.7 Å². The second-order valence-corrected chi connectivity index (χ2v) is 9.99. The molecule has 8 nitrogen and oxygen atoms in total. The second kappa shape index (κ2) is 10.5. The third-order valence-corrected chi connectivity index (χ3v) is 7.48. The number of aromatic nitrogens is 3. The molecule has 36 heavy (non-hydrogen) atoms. The third-order valence-electron chi connectivity index (χ3n) is 7.48. The molecule has 0 aliphatic carbocycles. The lowest BCUT2D eigenvalue weighted by atomic mass is 9.73. The molecule has 1 atom stereocenters. The summed E-state index contributed by atoms with van der Waals surface area (Å²) < 4.78 is 6.05. The van der Waals surface area contributed by atoms with Crippen LogP contribution in [0.3, 0.4) is 0 Å². The van der Waals surface area contributed by atoms with Gasteiger partial charge in [-0.3, -0.25) is 14.7 Å². The molecule has 1 saturated heterocycles. The van der Waals surface area contributed by atoms with Gasteiger partial charge in [-0.2, -0.15) is 5.10 Å². The lowest BCUT2D eigenvalue weighted by molar-refractivity contribution is -0.135. The van der Waals surface area contributed by atoms with Crippen molar-refractivity contribution in [2.45, 2.75) is 51.5 Å². The summed E-state index contributed by atoms with van der Waals surface area (Å²) in [7, 11) is 0. The maximum Gasteiger partial charge on any atom is 0.253 e. The molecule has 2 N–H and O–H groups in total. The number of rotatable bonds is 2. The molecular weight excluding hydrogens is 454 g/mol. The minimum Gasteiger partial charge on any atom is -0.491 e. The van der Waals surface area contributed by atoms with E-state index in [4.69, 9.17) is 4.74 Å². The Hall–Kier alpha value is -3.68. The molecule has 2 aliphatic rings. The highest BCUT2D eigenvalue weighted by atomic mass is 16.5. The average molecular weight is 488 g/mol. The summed E-state index contributed by atoms with van der Waals surface area (Å²) in [5.41, 5.74) is 2.21. The van der Waals surface area contributed by atoms with Gasteiger partial charge in [-0.05, 0) is 62.8 Å². The Balaban J connectivity index is 1.27. The van der Waals surface area contributed by atoms with Crippen molar-refractivity contribution in [1.29, 1.82) is 0 Å². The molecule has 188 valence electrons. The van der Waals surface area contributed by atoms with Crippen LogP contribution in [0.25, 0.3) is 11.4 Å². The minimum absolute atomic E-state index is 0.0156. The van der Waals surface area contributed by atoms with Gasteiger partial charge in [0.25, 0.3) is 5.91 Å². The Bertz CT molecular complexity index is 1200. The van der Waals surface area contributed by atoms with Crippen LogP contribution in [-0.2, 0) is 11.2 Å². The molecule has 0 unspecified atom stereocenters. The monoisotopic (exact) mass is 487 g/mol. The van der Waals surface area contributed by atoms with Gasteiger partial charge in [0.2, 0.25) is 5.91 Å². The Kier molecular flexibility index (Phi) is 7.02. The number of benzene rings is 2. The summed E-state index contributed by atoms with van der Waals surface area (Å²) in [5.74, 6) is 1.62. The summed E-state index contributed by atoms with van der Waals surface area (Å²) in [5, 5.41) is 9.94. The summed E-state index contributed by atoms with van der Waals surface area (Å²) in [6.45, 7) is 3.55. The summed E-state index contributed by atoms with van der Waals surface area (Å²) in [6, 6.07) is 15.5. The van der Waals surface area contributed by atoms with Gasteiger partial charge in [-0.25, -0.2) is 4.98 Å². The maximum absolute atomic E-state index is 13.5. The first kappa shape index (κ1) is 24.0. The SMILES string of the molecule is C[C@@H]1COc2ccccc2CCCCC2(CCN(C(=O)c3cccc(-c4ncn[nH]4)c3)CC2)C(=O)N1. The van der Waals surface area contributed by atoms with E-state index in [1.807, 2.05) is 48.2 Å². The first-order chi connectivity index (χ1) is 17.5. The first-order valence-corrected chi connectivity index (χ1v) is 12.8. The van der Waals surface area contributed by atoms with Crippen LogP contribution in [0.15, 0.2) is 54.9 Å². The van der Waals surface area contributed by atoms with Crippen LogP contribution in [0.2, 0.25) is 0 Å². The molecule has 1 spiro atoms. The number of likely N-dealkylation sites (tertiary alicyclic amines) is 1. The van der Waals surface area contributed by atoms with Crippen molar-refractivity contribution < 1.29 is 14.3 Å². The Morgan fingerprint density at radius 1 is 1.08 bits per heavy atom. The largest absolute Gasteiger partial charge is 0.491 e. The number of amides is 2. The highest BCUT2D eigenvalue weighted by Gasteiger charge is 2.42. The number of aromatic amines is 1. The number of carbonyl (C=O) groups excluding carboxylic acids is 2. The van der Waals surface area contributed by atoms with Crippen molar-refractivity contribution in [1.82, 2.24) is 25.4 Å². The summed E-state index contributed by atoms with van der Waals surface area (Å²) in [4.78, 5) is 32.9. The van der Waals surface area contributed by atoms with Crippen molar-refractivity contribution in [3.05, 3.63) is 66.0 Å². The molecule has 8 heteroatoms. The van der Waals surface area contributed by atoms with Crippen molar-refractivity contribution in [2.75, 3.05) is 19.7 Å². The Labute approximate surface area is 211 Å². The highest BCUT2D eigenvalue weighted by molar-refractivity contribution is 5.95. The fourth-order valence-electron chi connectivity index (χ4n) is 5.32. The van der Waals surface area contributed by atoms with Gasteiger partial charge >= 0.3 is 0 Å². The van der Waals surface area contributed by atoms with E-state index in [9.17, 15) is 9.59 Å². The molecule has 5 rings (SSSR count). The van der Waals surface area contributed by atoms with E-state index in [0.717, 1.165) is 37.0 Å². The van der Waals surface area contributed by atoms with Crippen LogP contribution < -0.4 is 10.1 Å². The zero-order valence-corrected chi connectivity index (χ0v) is 20.7. The molecule has 2 amide bonds. The van der Waals surface area contributed by atoms with Crippen LogP contribution in [0, 0.1) is 5.41 Å². The van der Waals surface area contributed by atoms with Gasteiger partial charge in [-0.15, -0.1) is 0 Å². The zero-order valence-electron chi connectivity index (χ0n) is 20.7. The number of nitrogens with one attached hydrogen (secondary N) is 2. The van der Waals surface area contributed by atoms with Crippen molar-refractivity contribution in [2.24, 2.45) is 5.41 Å². The minimum atomic E-state index is -0.453. The smallest absolute Gasteiger partial charge is 0.253 e. The number of nitrogens with zero attached hydrogens (tertiary/aromatic N) is 3. The second-order valence-electron chi connectivity index (χ2n) is 9.99. The fourth-order valence-corrected chi connectivity index (χ4v) is 5.32. The number of piperidine rings is 1. The topological polar surface area (TPSA) is 100 Å². The first-order valence-electron chi connectivity index (χ1n) is 12.8. The summed E-state index contributed by atoms with van der Waals surface area (Å²) >= 11 is 0. The van der Waals surface area contributed by atoms with Gasteiger partial charge in [0.15, 0.2) is 5.82 Å². The fraction of sp³-hybridized carbons (Fsp3) is 0.429. The predicted octanol–water partition coefficient (Wildman–Crippen LogP) is 4.00. The number of ether oxygens (including phenoxy) is 1. The maximum atomic E-state index is 13.5. The van der Waals surface area contributed by atoms with Crippen molar-refractivity contribution in [3.63, 3.8) is 0 Å². The molecule has 0 saturated carbocycles.